The normalized spacial score (nSPS) is 19.7. The van der Waals surface area contributed by atoms with Crippen molar-refractivity contribution in [2.75, 3.05) is 13.7 Å². The van der Waals surface area contributed by atoms with Crippen LogP contribution in [0.5, 0.6) is 0 Å². The summed E-state index contributed by atoms with van der Waals surface area (Å²) in [7, 11) is 1.42. The molecule has 0 saturated carbocycles. The van der Waals surface area contributed by atoms with Gasteiger partial charge in [-0.05, 0) is 47.6 Å². The van der Waals surface area contributed by atoms with Crippen LogP contribution in [0.2, 0.25) is 0 Å². The Morgan fingerprint density at radius 1 is 1.00 bits per heavy atom. The lowest BCUT2D eigenvalue weighted by atomic mass is 9.90. The number of hydrogen-bond donors (Lipinski definition) is 0. The van der Waals surface area contributed by atoms with Gasteiger partial charge in [-0.1, -0.05) is 72.8 Å². The first-order valence-electron chi connectivity index (χ1n) is 12.2. The Labute approximate surface area is 207 Å². The minimum Gasteiger partial charge on any atom is -0.469 e. The summed E-state index contributed by atoms with van der Waals surface area (Å²) in [5.41, 5.74) is 4.65. The van der Waals surface area contributed by atoms with Crippen LogP contribution in [0, 0.1) is 5.92 Å². The van der Waals surface area contributed by atoms with Crippen molar-refractivity contribution in [2.24, 2.45) is 5.92 Å². The average molecular weight is 472 g/mol. The monoisotopic (exact) mass is 471 g/mol. The predicted molar refractivity (Wildman–Crippen MR) is 136 cm³/mol. The number of rotatable bonds is 11. The van der Waals surface area contributed by atoms with E-state index in [-0.39, 0.29) is 24.1 Å². The van der Waals surface area contributed by atoms with Gasteiger partial charge in [0.1, 0.15) is 0 Å². The molecule has 1 fully saturated rings. The minimum atomic E-state index is -0.180. The highest BCUT2D eigenvalue weighted by molar-refractivity contribution is 5.69. The zero-order chi connectivity index (χ0) is 24.3. The summed E-state index contributed by atoms with van der Waals surface area (Å²) >= 11 is 0. The molecular weight excluding hydrogens is 438 g/mol. The molecule has 0 aliphatic carbocycles. The molecule has 0 N–H and O–H groups in total. The summed E-state index contributed by atoms with van der Waals surface area (Å²) in [6.07, 6.45) is 10.8. The molecule has 2 heterocycles. The molecule has 0 unspecified atom stereocenters. The number of carbonyl (C=O) groups excluding carboxylic acids is 1. The van der Waals surface area contributed by atoms with Gasteiger partial charge in [0.25, 0.3) is 0 Å². The van der Waals surface area contributed by atoms with E-state index in [2.05, 4.69) is 71.7 Å². The molecular formula is C30H33NO4. The highest BCUT2D eigenvalue weighted by Gasteiger charge is 2.38. The van der Waals surface area contributed by atoms with Crippen molar-refractivity contribution in [1.82, 2.24) is 4.98 Å². The maximum Gasteiger partial charge on any atom is 0.305 e. The first-order valence-corrected chi connectivity index (χ1v) is 12.2. The third-order valence-electron chi connectivity index (χ3n) is 6.42. The maximum absolute atomic E-state index is 11.3. The first kappa shape index (κ1) is 24.8. The lowest BCUT2D eigenvalue weighted by Crippen LogP contribution is -2.23. The highest BCUT2D eigenvalue weighted by Crippen LogP contribution is 2.39. The smallest absolute Gasteiger partial charge is 0.305 e. The van der Waals surface area contributed by atoms with Crippen molar-refractivity contribution in [1.29, 1.82) is 0 Å². The van der Waals surface area contributed by atoms with Gasteiger partial charge in [0, 0.05) is 24.7 Å². The van der Waals surface area contributed by atoms with Crippen LogP contribution in [-0.4, -0.2) is 30.8 Å². The van der Waals surface area contributed by atoms with Gasteiger partial charge in [-0.15, -0.1) is 0 Å². The molecule has 4 rings (SSSR count). The number of pyridine rings is 1. The lowest BCUT2D eigenvalue weighted by Gasteiger charge is -2.23. The molecule has 1 aromatic heterocycles. The van der Waals surface area contributed by atoms with E-state index in [1.807, 2.05) is 18.3 Å². The molecule has 35 heavy (non-hydrogen) atoms. The molecule has 1 aliphatic rings. The van der Waals surface area contributed by atoms with Gasteiger partial charge in [-0.2, -0.15) is 0 Å². The Kier molecular flexibility index (Phi) is 9.21. The van der Waals surface area contributed by atoms with E-state index >= 15 is 0 Å². The zero-order valence-electron chi connectivity index (χ0n) is 20.2. The number of esters is 1. The Balaban J connectivity index is 1.35. The standard InChI is InChI=1S/C30H33NO4/c1-33-29(32)14-8-3-2-7-13-27-28(22-35-30(27)26-12-9-19-31-20-26)34-21-23-15-17-25(18-16-23)24-10-5-4-6-11-24/h2-6,9-12,15-20,27-28,30H,7-8,13-14,21-22H2,1H3/b3-2-/t27-,28+,30-/m1/s1. The fourth-order valence-corrected chi connectivity index (χ4v) is 4.49. The quantitative estimate of drug-likeness (QED) is 0.242. The van der Waals surface area contributed by atoms with Crippen LogP contribution in [0.1, 0.15) is 42.9 Å². The Morgan fingerprint density at radius 3 is 2.51 bits per heavy atom. The van der Waals surface area contributed by atoms with Gasteiger partial charge < -0.3 is 14.2 Å². The van der Waals surface area contributed by atoms with Gasteiger partial charge in [0.15, 0.2) is 0 Å². The third kappa shape index (κ3) is 7.10. The molecule has 0 radical (unpaired) electrons. The molecule has 3 aromatic rings. The van der Waals surface area contributed by atoms with Crippen molar-refractivity contribution in [3.05, 3.63) is 102 Å². The number of allylic oxidation sites excluding steroid dienone is 2. The van der Waals surface area contributed by atoms with Crippen LogP contribution >= 0.6 is 0 Å². The highest BCUT2D eigenvalue weighted by atomic mass is 16.6. The zero-order valence-corrected chi connectivity index (χ0v) is 20.2. The van der Waals surface area contributed by atoms with Gasteiger partial charge in [0.05, 0.1) is 32.5 Å². The van der Waals surface area contributed by atoms with Crippen molar-refractivity contribution in [3.63, 3.8) is 0 Å². The Hall–Kier alpha value is -3.28. The van der Waals surface area contributed by atoms with E-state index in [1.54, 1.807) is 6.20 Å². The van der Waals surface area contributed by atoms with Crippen LogP contribution in [0.3, 0.4) is 0 Å². The second kappa shape index (κ2) is 13.0. The first-order chi connectivity index (χ1) is 17.2. The number of hydrogen-bond acceptors (Lipinski definition) is 5. The molecule has 2 aromatic carbocycles. The molecule has 1 aliphatic heterocycles. The van der Waals surface area contributed by atoms with Gasteiger partial charge >= 0.3 is 5.97 Å². The van der Waals surface area contributed by atoms with E-state index < -0.39 is 0 Å². The van der Waals surface area contributed by atoms with E-state index in [1.165, 1.54) is 18.2 Å². The van der Waals surface area contributed by atoms with E-state index in [0.717, 1.165) is 24.0 Å². The van der Waals surface area contributed by atoms with Crippen molar-refractivity contribution >= 4 is 5.97 Å². The van der Waals surface area contributed by atoms with E-state index in [9.17, 15) is 4.79 Å². The van der Waals surface area contributed by atoms with Gasteiger partial charge in [0.2, 0.25) is 0 Å². The van der Waals surface area contributed by atoms with Crippen molar-refractivity contribution in [3.8, 4) is 11.1 Å². The molecule has 0 bridgehead atoms. The van der Waals surface area contributed by atoms with E-state index in [4.69, 9.17) is 14.2 Å². The number of benzene rings is 2. The molecule has 3 atom stereocenters. The van der Waals surface area contributed by atoms with Gasteiger partial charge in [-0.25, -0.2) is 0 Å². The number of aromatic nitrogens is 1. The second-order valence-electron chi connectivity index (χ2n) is 8.78. The molecule has 182 valence electrons. The summed E-state index contributed by atoms with van der Waals surface area (Å²) in [5.74, 6) is 0.0498. The van der Waals surface area contributed by atoms with Crippen LogP contribution < -0.4 is 0 Å². The SMILES string of the molecule is COC(=O)CC/C=C\CC[C@@H]1[C@@H](OCc2ccc(-c3ccccc3)cc2)CO[C@@H]1c1cccnc1. The summed E-state index contributed by atoms with van der Waals surface area (Å²) < 4.78 is 17.3. The van der Waals surface area contributed by atoms with Crippen LogP contribution in [-0.2, 0) is 25.6 Å². The van der Waals surface area contributed by atoms with Gasteiger partial charge in [-0.3, -0.25) is 9.78 Å². The summed E-state index contributed by atoms with van der Waals surface area (Å²) in [5, 5.41) is 0. The molecule has 5 heteroatoms. The molecule has 1 saturated heterocycles. The molecule has 0 spiro atoms. The Morgan fingerprint density at radius 2 is 1.77 bits per heavy atom. The third-order valence-corrected chi connectivity index (χ3v) is 6.42. The fourth-order valence-electron chi connectivity index (χ4n) is 4.49. The Bertz CT molecular complexity index is 1070. The van der Waals surface area contributed by atoms with Crippen LogP contribution in [0.4, 0.5) is 0 Å². The number of carbonyl (C=O) groups is 1. The second-order valence-corrected chi connectivity index (χ2v) is 8.78. The number of methoxy groups -OCH3 is 1. The number of nitrogens with zero attached hydrogens (tertiary/aromatic N) is 1. The number of ether oxygens (including phenoxy) is 3. The summed E-state index contributed by atoms with van der Waals surface area (Å²) in [6, 6.07) is 23.0. The topological polar surface area (TPSA) is 57.7 Å². The fraction of sp³-hybridized carbons (Fsp3) is 0.333. The molecule has 0 amide bonds. The maximum atomic E-state index is 11.3. The van der Waals surface area contributed by atoms with Crippen molar-refractivity contribution in [2.45, 2.75) is 44.5 Å². The van der Waals surface area contributed by atoms with Crippen molar-refractivity contribution < 1.29 is 19.0 Å². The van der Waals surface area contributed by atoms with E-state index in [0.29, 0.717) is 26.1 Å². The largest absolute Gasteiger partial charge is 0.469 e. The lowest BCUT2D eigenvalue weighted by molar-refractivity contribution is -0.140. The average Bonchev–Trinajstić information content (AvgIpc) is 3.33. The molecule has 5 nitrogen and oxygen atoms in total. The summed E-state index contributed by atoms with van der Waals surface area (Å²) in [4.78, 5) is 15.6. The minimum absolute atomic E-state index is 0.0116. The van der Waals surface area contributed by atoms with Crippen LogP contribution in [0.15, 0.2) is 91.3 Å². The summed E-state index contributed by atoms with van der Waals surface area (Å²) in [6.45, 7) is 1.12. The van der Waals surface area contributed by atoms with Crippen LogP contribution in [0.25, 0.3) is 11.1 Å². The predicted octanol–water partition coefficient (Wildman–Crippen LogP) is 6.31.